The Balaban J connectivity index is 1.78. The lowest BCUT2D eigenvalue weighted by Gasteiger charge is -2.32. The van der Waals surface area contributed by atoms with Crippen LogP contribution in [0.15, 0.2) is 42.5 Å². The van der Waals surface area contributed by atoms with Crippen molar-refractivity contribution in [2.75, 3.05) is 20.1 Å². The molecule has 30 heavy (non-hydrogen) atoms. The second-order valence-electron chi connectivity index (χ2n) is 7.76. The van der Waals surface area contributed by atoms with Gasteiger partial charge in [-0.15, -0.1) is 0 Å². The van der Waals surface area contributed by atoms with Crippen LogP contribution in [-0.2, 0) is 12.6 Å². The molecular weight excluding hydrogens is 425 g/mol. The lowest BCUT2D eigenvalue weighted by Crippen LogP contribution is -2.48. The summed E-state index contributed by atoms with van der Waals surface area (Å²) in [4.78, 5) is 27.3. The zero-order valence-corrected chi connectivity index (χ0v) is 18.1. The normalized spacial score (nSPS) is 19.3. The van der Waals surface area contributed by atoms with Gasteiger partial charge in [0.2, 0.25) is 0 Å². The van der Waals surface area contributed by atoms with Crippen molar-refractivity contribution < 1.29 is 14.7 Å². The first-order chi connectivity index (χ1) is 14.2. The van der Waals surface area contributed by atoms with Crippen molar-refractivity contribution in [2.45, 2.75) is 12.0 Å². The van der Waals surface area contributed by atoms with Crippen molar-refractivity contribution in [3.63, 3.8) is 0 Å². The smallest absolute Gasteiger partial charge is 0.336 e. The second-order valence-corrected chi connectivity index (χ2v) is 8.54. The number of aryl methyl sites for hydroxylation is 1. The molecule has 156 valence electrons. The van der Waals surface area contributed by atoms with E-state index in [9.17, 15) is 14.7 Å². The maximum Gasteiger partial charge on any atom is 0.336 e. The third-order valence-corrected chi connectivity index (χ3v) is 6.65. The minimum atomic E-state index is -1.01. The van der Waals surface area contributed by atoms with Gasteiger partial charge < -0.3 is 19.9 Å². The Bertz CT molecular complexity index is 1170. The van der Waals surface area contributed by atoms with E-state index in [-0.39, 0.29) is 11.5 Å². The first-order valence-electron chi connectivity index (χ1n) is 9.51. The molecule has 1 amide bonds. The number of aromatic nitrogens is 1. The van der Waals surface area contributed by atoms with Crippen LogP contribution in [0.3, 0.4) is 0 Å². The van der Waals surface area contributed by atoms with Crippen molar-refractivity contribution in [1.29, 1.82) is 0 Å². The second kappa shape index (κ2) is 7.61. The molecule has 1 aromatic heterocycles. The molecule has 0 spiro atoms. The molecular formula is C22H21Cl2N3O3. The standard InChI is InChI=1S/C22H21Cl2N3O3/c1-26-10-9-22(12-26,15-6-4-3-5-13(15)21(29)30)25-20(28)18-11-14-17(27(18)2)8-7-16(23)19(14)24/h3-8,11H,9-10,12H2,1-2H3,(H,25,28)(H,29,30). The summed E-state index contributed by atoms with van der Waals surface area (Å²) in [6.45, 7) is 1.25. The zero-order chi connectivity index (χ0) is 21.6. The molecule has 1 aliphatic rings. The number of nitrogens with zero attached hydrogens (tertiary/aromatic N) is 2. The van der Waals surface area contributed by atoms with Crippen molar-refractivity contribution in [1.82, 2.24) is 14.8 Å². The quantitative estimate of drug-likeness (QED) is 0.632. The Labute approximate surface area is 184 Å². The summed E-state index contributed by atoms with van der Waals surface area (Å²) in [7, 11) is 3.75. The molecule has 2 heterocycles. The van der Waals surface area contributed by atoms with Crippen molar-refractivity contribution in [3.8, 4) is 0 Å². The average Bonchev–Trinajstić information content (AvgIpc) is 3.26. The Morgan fingerprint density at radius 2 is 1.87 bits per heavy atom. The number of likely N-dealkylation sites (tertiary alicyclic amines) is 1. The Morgan fingerprint density at radius 3 is 2.53 bits per heavy atom. The number of carboxylic acids is 1. The maximum atomic E-state index is 13.4. The fourth-order valence-electron chi connectivity index (χ4n) is 4.33. The molecule has 2 N–H and O–H groups in total. The van der Waals surface area contributed by atoms with Crippen molar-refractivity contribution in [3.05, 3.63) is 69.3 Å². The topological polar surface area (TPSA) is 74.6 Å². The molecule has 1 saturated heterocycles. The van der Waals surface area contributed by atoms with Gasteiger partial charge >= 0.3 is 5.97 Å². The lowest BCUT2D eigenvalue weighted by molar-refractivity contribution is 0.0689. The number of carbonyl (C=O) groups is 2. The maximum absolute atomic E-state index is 13.4. The van der Waals surface area contributed by atoms with Crippen LogP contribution < -0.4 is 5.32 Å². The van der Waals surface area contributed by atoms with Gasteiger partial charge in [0.15, 0.2) is 0 Å². The number of carbonyl (C=O) groups excluding carboxylic acids is 1. The number of carboxylic acid groups (broad SMARTS) is 1. The highest BCUT2D eigenvalue weighted by Gasteiger charge is 2.42. The fourth-order valence-corrected chi connectivity index (χ4v) is 4.70. The van der Waals surface area contributed by atoms with Crippen LogP contribution in [0.25, 0.3) is 10.9 Å². The predicted molar refractivity (Wildman–Crippen MR) is 118 cm³/mol. The van der Waals surface area contributed by atoms with Crippen LogP contribution in [0, 0.1) is 0 Å². The highest BCUT2D eigenvalue weighted by molar-refractivity contribution is 6.45. The molecule has 1 unspecified atom stereocenters. The average molecular weight is 446 g/mol. The molecule has 1 fully saturated rings. The molecule has 2 aromatic carbocycles. The van der Waals surface area contributed by atoms with Crippen LogP contribution in [0.4, 0.5) is 0 Å². The van der Waals surface area contributed by atoms with E-state index in [1.807, 2.05) is 13.1 Å². The minimum absolute atomic E-state index is 0.194. The predicted octanol–water partition coefficient (Wildman–Crippen LogP) is 4.14. The molecule has 0 saturated carbocycles. The monoisotopic (exact) mass is 445 g/mol. The van der Waals surface area contributed by atoms with E-state index in [0.29, 0.717) is 39.7 Å². The van der Waals surface area contributed by atoms with Crippen molar-refractivity contribution in [2.24, 2.45) is 7.05 Å². The highest BCUT2D eigenvalue weighted by Crippen LogP contribution is 2.36. The summed E-state index contributed by atoms with van der Waals surface area (Å²) < 4.78 is 1.77. The van der Waals surface area contributed by atoms with Gasteiger partial charge in [0.1, 0.15) is 5.69 Å². The van der Waals surface area contributed by atoms with Crippen molar-refractivity contribution >= 4 is 46.0 Å². The summed E-state index contributed by atoms with van der Waals surface area (Å²) >= 11 is 12.5. The number of hydrogen-bond donors (Lipinski definition) is 2. The number of fused-ring (bicyclic) bond motifs is 1. The molecule has 1 atom stereocenters. The number of halogens is 2. The zero-order valence-electron chi connectivity index (χ0n) is 16.6. The summed E-state index contributed by atoms with van der Waals surface area (Å²) in [5, 5.41) is 14.4. The van der Waals surface area contributed by atoms with E-state index < -0.39 is 11.5 Å². The van der Waals surface area contributed by atoms with E-state index >= 15 is 0 Å². The van der Waals surface area contributed by atoms with Crippen LogP contribution in [0.5, 0.6) is 0 Å². The Morgan fingerprint density at radius 1 is 1.13 bits per heavy atom. The number of likely N-dealkylation sites (N-methyl/N-ethyl adjacent to an activating group) is 1. The first-order valence-corrected chi connectivity index (χ1v) is 10.3. The Kier molecular flexibility index (Phi) is 5.26. The van der Waals surface area contributed by atoms with Gasteiger partial charge in [0, 0.05) is 31.0 Å². The van der Waals surface area contributed by atoms with Gasteiger partial charge in [-0.1, -0.05) is 41.4 Å². The van der Waals surface area contributed by atoms with Gasteiger partial charge in [0.05, 0.1) is 21.1 Å². The molecule has 0 aliphatic carbocycles. The van der Waals surface area contributed by atoms with Crippen LogP contribution in [0.2, 0.25) is 10.0 Å². The molecule has 1 aliphatic heterocycles. The summed E-state index contributed by atoms with van der Waals surface area (Å²) in [5.74, 6) is -1.31. The number of amides is 1. The van der Waals surface area contributed by atoms with E-state index in [1.165, 1.54) is 0 Å². The molecule has 0 bridgehead atoms. The number of aromatic carboxylic acids is 1. The fraction of sp³-hybridized carbons (Fsp3) is 0.273. The summed E-state index contributed by atoms with van der Waals surface area (Å²) in [6, 6.07) is 12.1. The van der Waals surface area contributed by atoms with E-state index in [2.05, 4.69) is 10.2 Å². The number of nitrogens with one attached hydrogen (secondary N) is 1. The minimum Gasteiger partial charge on any atom is -0.478 e. The van der Waals surface area contributed by atoms with Gasteiger partial charge in [-0.05, 0) is 43.3 Å². The largest absolute Gasteiger partial charge is 0.478 e. The Hall–Kier alpha value is -2.54. The SMILES string of the molecule is CN1CCC(NC(=O)c2cc3c(Cl)c(Cl)ccc3n2C)(c2ccccc2C(=O)O)C1. The van der Waals surface area contributed by atoms with Crippen LogP contribution >= 0.6 is 23.2 Å². The molecule has 3 aromatic rings. The number of hydrogen-bond acceptors (Lipinski definition) is 3. The van der Waals surface area contributed by atoms with E-state index in [4.69, 9.17) is 23.2 Å². The summed E-state index contributed by atoms with van der Waals surface area (Å²) in [6.07, 6.45) is 0.607. The third kappa shape index (κ3) is 3.35. The molecule has 6 nitrogen and oxygen atoms in total. The highest BCUT2D eigenvalue weighted by atomic mass is 35.5. The number of rotatable bonds is 4. The van der Waals surface area contributed by atoms with Crippen LogP contribution in [-0.4, -0.2) is 46.6 Å². The van der Waals surface area contributed by atoms with Gasteiger partial charge in [-0.3, -0.25) is 4.79 Å². The first kappa shape index (κ1) is 20.7. The van der Waals surface area contributed by atoms with Gasteiger partial charge in [-0.25, -0.2) is 4.79 Å². The van der Waals surface area contributed by atoms with Crippen LogP contribution in [0.1, 0.15) is 32.8 Å². The third-order valence-electron chi connectivity index (χ3n) is 5.83. The number of benzene rings is 2. The molecule has 0 radical (unpaired) electrons. The molecule has 4 rings (SSSR count). The lowest BCUT2D eigenvalue weighted by atomic mass is 9.85. The van der Waals surface area contributed by atoms with E-state index in [0.717, 1.165) is 12.1 Å². The molecule has 8 heteroatoms. The summed E-state index contributed by atoms with van der Waals surface area (Å²) in [5.41, 5.74) is 1.21. The van der Waals surface area contributed by atoms with Gasteiger partial charge in [0.25, 0.3) is 5.91 Å². The van der Waals surface area contributed by atoms with Gasteiger partial charge in [-0.2, -0.15) is 0 Å². The van der Waals surface area contributed by atoms with E-state index in [1.54, 1.807) is 48.0 Å².